The molecule has 4 N–H and O–H groups in total. The van der Waals surface area contributed by atoms with Crippen LogP contribution in [0.15, 0.2) is 6.07 Å². The van der Waals surface area contributed by atoms with E-state index in [4.69, 9.17) is 5.73 Å². The van der Waals surface area contributed by atoms with Crippen LogP contribution in [-0.2, 0) is 0 Å². The fourth-order valence-corrected chi connectivity index (χ4v) is 1.10. The lowest BCUT2D eigenvalue weighted by molar-refractivity contribution is 0.0932. The summed E-state index contributed by atoms with van der Waals surface area (Å²) in [4.78, 5) is 11.7. The summed E-state index contributed by atoms with van der Waals surface area (Å²) in [7, 11) is 0. The van der Waals surface area contributed by atoms with Gasteiger partial charge in [-0.05, 0) is 11.3 Å². The fourth-order valence-electron chi connectivity index (χ4n) is 1.10. The van der Waals surface area contributed by atoms with E-state index in [0.29, 0.717) is 24.0 Å². The fraction of sp³-hybridized carbons (Fsp3) is 0.636. The SMILES string of the molecule is CC(CNC(=O)c1cc(N)n[nH]1)C(C)(C)C. The summed E-state index contributed by atoms with van der Waals surface area (Å²) in [5.41, 5.74) is 6.00. The second kappa shape index (κ2) is 4.55. The van der Waals surface area contributed by atoms with Crippen LogP contribution in [0.4, 0.5) is 5.82 Å². The first-order chi connectivity index (χ1) is 7.30. The maximum atomic E-state index is 11.7. The summed E-state index contributed by atoms with van der Waals surface area (Å²) in [6, 6.07) is 1.52. The van der Waals surface area contributed by atoms with Gasteiger partial charge in [0.05, 0.1) is 0 Å². The molecule has 1 atom stereocenters. The van der Waals surface area contributed by atoms with Gasteiger partial charge in [-0.15, -0.1) is 0 Å². The third-order valence-electron chi connectivity index (χ3n) is 2.89. The number of rotatable bonds is 3. The molecule has 0 fully saturated rings. The maximum Gasteiger partial charge on any atom is 0.269 e. The zero-order valence-electron chi connectivity index (χ0n) is 10.3. The average molecular weight is 224 g/mol. The quantitative estimate of drug-likeness (QED) is 0.725. The van der Waals surface area contributed by atoms with Crippen molar-refractivity contribution in [2.24, 2.45) is 11.3 Å². The molecule has 16 heavy (non-hydrogen) atoms. The van der Waals surface area contributed by atoms with Crippen molar-refractivity contribution in [2.75, 3.05) is 12.3 Å². The number of aromatic nitrogens is 2. The zero-order valence-corrected chi connectivity index (χ0v) is 10.3. The molecule has 0 bridgehead atoms. The van der Waals surface area contributed by atoms with Gasteiger partial charge in [-0.25, -0.2) is 0 Å². The van der Waals surface area contributed by atoms with Gasteiger partial charge in [-0.1, -0.05) is 27.7 Å². The van der Waals surface area contributed by atoms with Gasteiger partial charge < -0.3 is 11.1 Å². The molecular weight excluding hydrogens is 204 g/mol. The predicted molar refractivity (Wildman–Crippen MR) is 64.0 cm³/mol. The molecule has 0 aliphatic heterocycles. The van der Waals surface area contributed by atoms with E-state index in [2.05, 4.69) is 43.2 Å². The molecule has 0 aliphatic carbocycles. The Morgan fingerprint density at radius 1 is 1.62 bits per heavy atom. The summed E-state index contributed by atoms with van der Waals surface area (Å²) < 4.78 is 0. The number of nitrogens with two attached hydrogens (primary N) is 1. The third-order valence-corrected chi connectivity index (χ3v) is 2.89. The highest BCUT2D eigenvalue weighted by Gasteiger charge is 2.20. The van der Waals surface area contributed by atoms with Gasteiger partial charge in [0.1, 0.15) is 11.5 Å². The van der Waals surface area contributed by atoms with Crippen molar-refractivity contribution in [1.82, 2.24) is 15.5 Å². The first kappa shape index (κ1) is 12.5. The number of nitrogens with zero attached hydrogens (tertiary/aromatic N) is 1. The van der Waals surface area contributed by atoms with E-state index >= 15 is 0 Å². The van der Waals surface area contributed by atoms with Crippen LogP contribution in [0, 0.1) is 11.3 Å². The molecule has 0 saturated heterocycles. The Morgan fingerprint density at radius 2 is 2.25 bits per heavy atom. The summed E-state index contributed by atoms with van der Waals surface area (Å²) in [6.07, 6.45) is 0. The van der Waals surface area contributed by atoms with E-state index in [1.54, 1.807) is 0 Å². The number of anilines is 1. The van der Waals surface area contributed by atoms with Crippen LogP contribution in [0.3, 0.4) is 0 Å². The molecule has 0 saturated carbocycles. The van der Waals surface area contributed by atoms with Gasteiger partial charge in [-0.2, -0.15) is 5.10 Å². The highest BCUT2D eigenvalue weighted by molar-refractivity contribution is 5.92. The van der Waals surface area contributed by atoms with E-state index in [1.807, 2.05) is 0 Å². The Morgan fingerprint density at radius 3 is 2.69 bits per heavy atom. The number of hydrogen-bond acceptors (Lipinski definition) is 3. The minimum Gasteiger partial charge on any atom is -0.382 e. The van der Waals surface area contributed by atoms with Gasteiger partial charge in [0.25, 0.3) is 5.91 Å². The standard InChI is InChI=1S/C11H20N4O/c1-7(11(2,3)4)6-13-10(16)8-5-9(12)15-14-8/h5,7H,6H2,1-4H3,(H,13,16)(H3,12,14,15). The van der Waals surface area contributed by atoms with Crippen molar-refractivity contribution < 1.29 is 4.79 Å². The van der Waals surface area contributed by atoms with Crippen LogP contribution in [-0.4, -0.2) is 22.6 Å². The molecule has 0 aliphatic rings. The van der Waals surface area contributed by atoms with Crippen molar-refractivity contribution in [2.45, 2.75) is 27.7 Å². The van der Waals surface area contributed by atoms with E-state index in [1.165, 1.54) is 6.07 Å². The Bertz CT molecular complexity index is 364. The minimum absolute atomic E-state index is 0.166. The first-order valence-electron chi connectivity index (χ1n) is 5.40. The molecule has 1 unspecified atom stereocenters. The van der Waals surface area contributed by atoms with Gasteiger partial charge in [0.2, 0.25) is 0 Å². The molecule has 1 rings (SSSR count). The number of carbonyl (C=O) groups excluding carboxylic acids is 1. The molecule has 90 valence electrons. The van der Waals surface area contributed by atoms with Crippen LogP contribution in [0.5, 0.6) is 0 Å². The van der Waals surface area contributed by atoms with Crippen LogP contribution in [0.1, 0.15) is 38.2 Å². The Labute approximate surface area is 95.8 Å². The van der Waals surface area contributed by atoms with Crippen molar-refractivity contribution in [3.8, 4) is 0 Å². The zero-order chi connectivity index (χ0) is 12.3. The highest BCUT2D eigenvalue weighted by atomic mass is 16.1. The highest BCUT2D eigenvalue weighted by Crippen LogP contribution is 2.24. The second-order valence-corrected chi connectivity index (χ2v) is 5.18. The average Bonchev–Trinajstić information content (AvgIpc) is 2.59. The normalized spacial score (nSPS) is 13.5. The van der Waals surface area contributed by atoms with Gasteiger partial charge in [0.15, 0.2) is 0 Å². The molecule has 1 aromatic heterocycles. The van der Waals surface area contributed by atoms with Crippen LogP contribution in [0.25, 0.3) is 0 Å². The van der Waals surface area contributed by atoms with Crippen molar-refractivity contribution >= 4 is 11.7 Å². The molecule has 0 aromatic carbocycles. The molecule has 0 radical (unpaired) electrons. The van der Waals surface area contributed by atoms with Crippen molar-refractivity contribution in [3.63, 3.8) is 0 Å². The van der Waals surface area contributed by atoms with Gasteiger partial charge in [-0.3, -0.25) is 9.89 Å². The third kappa shape index (κ3) is 3.25. The topological polar surface area (TPSA) is 83.8 Å². The van der Waals surface area contributed by atoms with Gasteiger partial charge in [0, 0.05) is 12.6 Å². The van der Waals surface area contributed by atoms with Gasteiger partial charge >= 0.3 is 0 Å². The Hall–Kier alpha value is -1.52. The number of aromatic amines is 1. The van der Waals surface area contributed by atoms with Crippen molar-refractivity contribution in [3.05, 3.63) is 11.8 Å². The Kier molecular flexibility index (Phi) is 3.57. The minimum atomic E-state index is -0.166. The largest absolute Gasteiger partial charge is 0.382 e. The maximum absolute atomic E-state index is 11.7. The molecule has 0 spiro atoms. The van der Waals surface area contributed by atoms with Crippen LogP contribution in [0.2, 0.25) is 0 Å². The summed E-state index contributed by atoms with van der Waals surface area (Å²) in [6.45, 7) is 9.21. The monoisotopic (exact) mass is 224 g/mol. The number of nitrogens with one attached hydrogen (secondary N) is 2. The lowest BCUT2D eigenvalue weighted by Crippen LogP contribution is -2.33. The smallest absolute Gasteiger partial charge is 0.269 e. The summed E-state index contributed by atoms with van der Waals surface area (Å²) in [5, 5.41) is 9.14. The lowest BCUT2D eigenvalue weighted by atomic mass is 9.82. The molecule has 1 aromatic rings. The first-order valence-corrected chi connectivity index (χ1v) is 5.40. The summed E-state index contributed by atoms with van der Waals surface area (Å²) in [5.74, 6) is 0.561. The second-order valence-electron chi connectivity index (χ2n) is 5.18. The van der Waals surface area contributed by atoms with Crippen LogP contribution < -0.4 is 11.1 Å². The number of hydrogen-bond donors (Lipinski definition) is 3. The van der Waals surface area contributed by atoms with E-state index in [-0.39, 0.29) is 11.3 Å². The van der Waals surface area contributed by atoms with E-state index in [9.17, 15) is 4.79 Å². The number of nitrogen functional groups attached to an aromatic ring is 1. The van der Waals surface area contributed by atoms with E-state index < -0.39 is 0 Å². The van der Waals surface area contributed by atoms with Crippen LogP contribution >= 0.6 is 0 Å². The van der Waals surface area contributed by atoms with Crippen molar-refractivity contribution in [1.29, 1.82) is 0 Å². The molecule has 5 nitrogen and oxygen atoms in total. The predicted octanol–water partition coefficient (Wildman–Crippen LogP) is 1.40. The summed E-state index contributed by atoms with van der Waals surface area (Å²) >= 11 is 0. The molecule has 1 amide bonds. The lowest BCUT2D eigenvalue weighted by Gasteiger charge is -2.27. The number of H-pyrrole nitrogens is 1. The number of carbonyl (C=O) groups is 1. The molecular formula is C11H20N4O. The molecule has 5 heteroatoms. The number of amides is 1. The molecule has 1 heterocycles. The Balaban J connectivity index is 2.48. The van der Waals surface area contributed by atoms with E-state index in [0.717, 1.165) is 0 Å².